The maximum atomic E-state index is 11.5. The van der Waals surface area contributed by atoms with Crippen molar-refractivity contribution >= 4 is 38.9 Å². The molecule has 124 valence electrons. The van der Waals surface area contributed by atoms with E-state index >= 15 is 0 Å². The van der Waals surface area contributed by atoms with Crippen LogP contribution in [0.3, 0.4) is 0 Å². The number of thiazole rings is 1. The molecule has 0 atom stereocenters. The first-order chi connectivity index (χ1) is 12.2. The van der Waals surface area contributed by atoms with Crippen molar-refractivity contribution in [1.29, 1.82) is 5.26 Å². The highest BCUT2D eigenvalue weighted by atomic mass is 32.1. The molecule has 3 aromatic rings. The molecule has 0 spiro atoms. The van der Waals surface area contributed by atoms with Crippen molar-refractivity contribution in [3.63, 3.8) is 0 Å². The van der Waals surface area contributed by atoms with Crippen LogP contribution < -0.4 is 5.43 Å². The lowest BCUT2D eigenvalue weighted by molar-refractivity contribution is -0.134. The zero-order chi connectivity index (χ0) is 17.6. The van der Waals surface area contributed by atoms with Gasteiger partial charge in [-0.25, -0.2) is 9.78 Å². The van der Waals surface area contributed by atoms with Gasteiger partial charge in [0.2, 0.25) is 5.71 Å². The van der Waals surface area contributed by atoms with Crippen LogP contribution in [0, 0.1) is 11.3 Å². The van der Waals surface area contributed by atoms with E-state index in [0.29, 0.717) is 5.69 Å². The molecular formula is C18H14N4O2S. The van der Waals surface area contributed by atoms with E-state index in [1.54, 1.807) is 24.3 Å². The zero-order valence-corrected chi connectivity index (χ0v) is 14.2. The van der Waals surface area contributed by atoms with E-state index < -0.39 is 5.97 Å². The maximum Gasteiger partial charge on any atom is 0.369 e. The first-order valence-electron chi connectivity index (χ1n) is 7.58. The van der Waals surface area contributed by atoms with Gasteiger partial charge in [-0.3, -0.25) is 5.43 Å². The lowest BCUT2D eigenvalue weighted by Gasteiger charge is -2.03. The molecule has 6 nitrogen and oxygen atoms in total. The van der Waals surface area contributed by atoms with Gasteiger partial charge in [0, 0.05) is 5.56 Å². The highest BCUT2D eigenvalue weighted by Gasteiger charge is 2.11. The number of nitrogens with one attached hydrogen (secondary N) is 1. The fourth-order valence-electron chi connectivity index (χ4n) is 2.12. The van der Waals surface area contributed by atoms with Gasteiger partial charge in [-0.1, -0.05) is 12.1 Å². The molecule has 0 aliphatic carbocycles. The van der Waals surface area contributed by atoms with Crippen LogP contribution in [0.4, 0.5) is 5.69 Å². The molecule has 0 amide bonds. The Morgan fingerprint density at radius 3 is 2.72 bits per heavy atom. The zero-order valence-electron chi connectivity index (χ0n) is 13.4. The first-order valence-corrected chi connectivity index (χ1v) is 8.40. The number of hydrazone groups is 1. The molecule has 7 heteroatoms. The van der Waals surface area contributed by atoms with Crippen molar-refractivity contribution in [2.45, 2.75) is 6.92 Å². The van der Waals surface area contributed by atoms with Gasteiger partial charge in [0.1, 0.15) is 11.1 Å². The summed E-state index contributed by atoms with van der Waals surface area (Å²) in [5, 5.41) is 13.7. The summed E-state index contributed by atoms with van der Waals surface area (Å²) in [4.78, 5) is 16.1. The standard InChI is InChI=1S/C18H14N4O2S/c1-2-24-18(23)15(11-19)22-21-13-9-7-12(8-10-13)17-20-14-5-3-4-6-16(14)25-17/h3-10,21H,2H2,1H3. The molecule has 0 bridgehead atoms. The molecule has 2 aromatic carbocycles. The highest BCUT2D eigenvalue weighted by molar-refractivity contribution is 7.21. The minimum Gasteiger partial charge on any atom is -0.461 e. The van der Waals surface area contributed by atoms with Crippen molar-refractivity contribution in [2.75, 3.05) is 12.0 Å². The van der Waals surface area contributed by atoms with E-state index in [0.717, 1.165) is 20.8 Å². The molecule has 1 aromatic heterocycles. The molecule has 3 rings (SSSR count). The number of ether oxygens (including phenoxy) is 1. The van der Waals surface area contributed by atoms with E-state index in [-0.39, 0.29) is 12.3 Å². The van der Waals surface area contributed by atoms with Crippen molar-refractivity contribution < 1.29 is 9.53 Å². The Balaban J connectivity index is 1.76. The predicted octanol–water partition coefficient (Wildman–Crippen LogP) is 3.82. The number of rotatable bonds is 5. The number of hydrogen-bond acceptors (Lipinski definition) is 7. The molecule has 1 N–H and O–H groups in total. The molecule has 0 fully saturated rings. The average molecular weight is 350 g/mol. The largest absolute Gasteiger partial charge is 0.461 e. The number of esters is 1. The number of anilines is 1. The van der Waals surface area contributed by atoms with Crippen molar-refractivity contribution in [1.82, 2.24) is 4.98 Å². The third-order valence-electron chi connectivity index (χ3n) is 3.30. The van der Waals surface area contributed by atoms with Crippen LogP contribution in [0.15, 0.2) is 53.6 Å². The molecule has 1 heterocycles. The lowest BCUT2D eigenvalue weighted by Crippen LogP contribution is -2.17. The molecule has 0 aliphatic heterocycles. The van der Waals surface area contributed by atoms with Crippen LogP contribution in [0.25, 0.3) is 20.8 Å². The van der Waals surface area contributed by atoms with Crippen LogP contribution in [0.5, 0.6) is 0 Å². The van der Waals surface area contributed by atoms with Crippen molar-refractivity contribution in [3.8, 4) is 16.6 Å². The Morgan fingerprint density at radius 2 is 2.04 bits per heavy atom. The summed E-state index contributed by atoms with van der Waals surface area (Å²) in [6.45, 7) is 1.86. The summed E-state index contributed by atoms with van der Waals surface area (Å²) in [5.41, 5.74) is 4.98. The van der Waals surface area contributed by atoms with Gasteiger partial charge in [-0.05, 0) is 43.3 Å². The van der Waals surface area contributed by atoms with E-state index in [1.807, 2.05) is 48.5 Å². The summed E-state index contributed by atoms with van der Waals surface area (Å²) < 4.78 is 5.89. The molecular weight excluding hydrogens is 336 g/mol. The predicted molar refractivity (Wildman–Crippen MR) is 98.4 cm³/mol. The number of fused-ring (bicyclic) bond motifs is 1. The SMILES string of the molecule is CCOC(=O)C(C#N)=NNc1ccc(-c2nc3ccccc3s2)cc1. The highest BCUT2D eigenvalue weighted by Crippen LogP contribution is 2.30. The number of carbonyl (C=O) groups excluding carboxylic acids is 1. The number of benzene rings is 2. The smallest absolute Gasteiger partial charge is 0.369 e. The van der Waals surface area contributed by atoms with Gasteiger partial charge in [-0.15, -0.1) is 11.3 Å². The fraction of sp³-hybridized carbons (Fsp3) is 0.111. The molecule has 25 heavy (non-hydrogen) atoms. The van der Waals surface area contributed by atoms with Gasteiger partial charge < -0.3 is 4.74 Å². The second-order valence-electron chi connectivity index (χ2n) is 4.97. The number of carbonyl (C=O) groups is 1. The summed E-state index contributed by atoms with van der Waals surface area (Å²) in [5.74, 6) is -0.747. The van der Waals surface area contributed by atoms with Gasteiger partial charge in [0.15, 0.2) is 0 Å². The van der Waals surface area contributed by atoms with E-state index in [4.69, 9.17) is 10.00 Å². The second-order valence-corrected chi connectivity index (χ2v) is 6.00. The van der Waals surface area contributed by atoms with Gasteiger partial charge in [0.05, 0.1) is 22.5 Å². The molecule has 0 saturated heterocycles. The third-order valence-corrected chi connectivity index (χ3v) is 4.38. The summed E-state index contributed by atoms with van der Waals surface area (Å²) in [6.07, 6.45) is 0. The Morgan fingerprint density at radius 1 is 1.28 bits per heavy atom. The third kappa shape index (κ3) is 3.82. The van der Waals surface area contributed by atoms with Crippen LogP contribution in [0.1, 0.15) is 6.92 Å². The number of aromatic nitrogens is 1. The summed E-state index contributed by atoms with van der Waals surface area (Å²) in [7, 11) is 0. The lowest BCUT2D eigenvalue weighted by atomic mass is 10.2. The Labute approximate surface area is 148 Å². The first kappa shape index (κ1) is 16.6. The van der Waals surface area contributed by atoms with E-state index in [2.05, 4.69) is 15.5 Å². The quantitative estimate of drug-likeness (QED) is 0.429. The van der Waals surface area contributed by atoms with E-state index in [1.165, 1.54) is 0 Å². The van der Waals surface area contributed by atoms with Crippen LogP contribution in [-0.2, 0) is 9.53 Å². The minimum atomic E-state index is -0.747. The Bertz CT molecular complexity index is 938. The molecule has 0 radical (unpaired) electrons. The molecule has 0 aliphatic rings. The normalized spacial score (nSPS) is 11.1. The topological polar surface area (TPSA) is 87.4 Å². The number of nitriles is 1. The monoisotopic (exact) mass is 350 g/mol. The number of para-hydroxylation sites is 1. The van der Waals surface area contributed by atoms with Crippen molar-refractivity contribution in [3.05, 3.63) is 48.5 Å². The summed E-state index contributed by atoms with van der Waals surface area (Å²) >= 11 is 1.62. The fourth-order valence-corrected chi connectivity index (χ4v) is 3.09. The minimum absolute atomic E-state index is 0.191. The maximum absolute atomic E-state index is 11.5. The number of hydrogen-bond donors (Lipinski definition) is 1. The van der Waals surface area contributed by atoms with E-state index in [9.17, 15) is 4.79 Å². The number of nitrogens with zero attached hydrogens (tertiary/aromatic N) is 3. The van der Waals surface area contributed by atoms with Crippen LogP contribution in [-0.4, -0.2) is 23.3 Å². The van der Waals surface area contributed by atoms with Gasteiger partial charge in [0.25, 0.3) is 0 Å². The van der Waals surface area contributed by atoms with Crippen LogP contribution >= 0.6 is 11.3 Å². The second kappa shape index (κ2) is 7.55. The Hall–Kier alpha value is -3.24. The molecule has 0 saturated carbocycles. The molecule has 0 unspecified atom stereocenters. The average Bonchev–Trinajstić information content (AvgIpc) is 3.07. The van der Waals surface area contributed by atoms with Crippen molar-refractivity contribution in [2.24, 2.45) is 5.10 Å². The van der Waals surface area contributed by atoms with Gasteiger partial charge in [-0.2, -0.15) is 10.4 Å². The Kier molecular flexibility index (Phi) is 5.02. The summed E-state index contributed by atoms with van der Waals surface area (Å²) in [6, 6.07) is 17.1. The van der Waals surface area contributed by atoms with Gasteiger partial charge >= 0.3 is 5.97 Å². The van der Waals surface area contributed by atoms with Crippen LogP contribution in [0.2, 0.25) is 0 Å².